The van der Waals surface area contributed by atoms with Crippen LogP contribution in [0.25, 0.3) is 0 Å². The van der Waals surface area contributed by atoms with Crippen molar-refractivity contribution in [2.24, 2.45) is 5.73 Å². The zero-order chi connectivity index (χ0) is 14.0. The van der Waals surface area contributed by atoms with Crippen LogP contribution in [0.2, 0.25) is 0 Å². The van der Waals surface area contributed by atoms with Crippen molar-refractivity contribution in [3.8, 4) is 0 Å². The minimum atomic E-state index is -1.17. The maximum atomic E-state index is 11.8. The summed E-state index contributed by atoms with van der Waals surface area (Å²) in [6, 6.07) is 0. The summed E-state index contributed by atoms with van der Waals surface area (Å²) in [7, 11) is 0. The smallest absolute Gasteiger partial charge is 0.244 e. The fraction of sp³-hybridized carbons (Fsp3) is 0.692. The fourth-order valence-corrected chi connectivity index (χ4v) is 1.38. The van der Waals surface area contributed by atoms with Gasteiger partial charge in [0.05, 0.1) is 0 Å². The highest BCUT2D eigenvalue weighted by molar-refractivity contribution is 5.89. The Kier molecular flexibility index (Phi) is 8.03. The molecule has 0 aliphatic heterocycles. The van der Waals surface area contributed by atoms with E-state index in [-0.39, 0.29) is 24.7 Å². The molecule has 5 nitrogen and oxygen atoms in total. The van der Waals surface area contributed by atoms with Crippen molar-refractivity contribution in [1.29, 1.82) is 0 Å². The van der Waals surface area contributed by atoms with Crippen molar-refractivity contribution in [3.63, 3.8) is 0 Å². The highest BCUT2D eigenvalue weighted by Gasteiger charge is 2.30. The molecule has 0 fully saturated rings. The topological polar surface area (TPSA) is 84.2 Å². The normalized spacial score (nSPS) is 13.5. The van der Waals surface area contributed by atoms with Crippen LogP contribution in [-0.4, -0.2) is 30.4 Å². The Bertz CT molecular complexity index is 292. The van der Waals surface area contributed by atoms with Crippen LogP contribution in [0.4, 0.5) is 0 Å². The lowest BCUT2D eigenvalue weighted by Crippen LogP contribution is -2.53. The molecule has 1 unspecified atom stereocenters. The number of nitrogens with two attached hydrogens (primary N) is 1. The van der Waals surface area contributed by atoms with Crippen LogP contribution in [0.15, 0.2) is 12.7 Å². The molecule has 104 valence electrons. The fourth-order valence-electron chi connectivity index (χ4n) is 1.38. The largest absolute Gasteiger partial charge is 0.356 e. The van der Waals surface area contributed by atoms with Gasteiger partial charge >= 0.3 is 0 Å². The van der Waals surface area contributed by atoms with Gasteiger partial charge in [0.1, 0.15) is 5.54 Å². The minimum Gasteiger partial charge on any atom is -0.356 e. The SMILES string of the molecule is C=CC(N)(CCC(=O)NCCC)C(=O)NCCC. The van der Waals surface area contributed by atoms with E-state index in [2.05, 4.69) is 17.2 Å². The maximum Gasteiger partial charge on any atom is 0.244 e. The van der Waals surface area contributed by atoms with Crippen LogP contribution in [0.3, 0.4) is 0 Å². The third kappa shape index (κ3) is 5.82. The van der Waals surface area contributed by atoms with Gasteiger partial charge in [-0.25, -0.2) is 0 Å². The monoisotopic (exact) mass is 255 g/mol. The van der Waals surface area contributed by atoms with E-state index in [1.807, 2.05) is 13.8 Å². The van der Waals surface area contributed by atoms with Gasteiger partial charge in [-0.3, -0.25) is 9.59 Å². The zero-order valence-corrected chi connectivity index (χ0v) is 11.4. The number of carbonyl (C=O) groups is 2. The van der Waals surface area contributed by atoms with Gasteiger partial charge in [-0.05, 0) is 19.3 Å². The van der Waals surface area contributed by atoms with E-state index in [9.17, 15) is 9.59 Å². The third-order valence-electron chi connectivity index (χ3n) is 2.66. The molecule has 18 heavy (non-hydrogen) atoms. The molecular weight excluding hydrogens is 230 g/mol. The standard InChI is InChI=1S/C13H25N3O2/c1-4-9-15-11(17)7-8-13(14,6-3)12(18)16-10-5-2/h6H,3-5,7-10,14H2,1-2H3,(H,15,17)(H,16,18). The van der Waals surface area contributed by atoms with Crippen molar-refractivity contribution in [2.45, 2.75) is 45.1 Å². The molecule has 0 aromatic rings. The Morgan fingerprint density at radius 1 is 1.22 bits per heavy atom. The molecule has 0 saturated carbocycles. The molecule has 2 amide bonds. The second-order valence-electron chi connectivity index (χ2n) is 4.35. The first-order valence-corrected chi connectivity index (χ1v) is 6.47. The predicted octanol–water partition coefficient (Wildman–Crippen LogP) is 0.703. The molecule has 0 saturated heterocycles. The van der Waals surface area contributed by atoms with Crippen LogP contribution in [0, 0.1) is 0 Å². The minimum absolute atomic E-state index is 0.0863. The zero-order valence-electron chi connectivity index (χ0n) is 11.4. The first kappa shape index (κ1) is 16.6. The van der Waals surface area contributed by atoms with Gasteiger partial charge in [0.2, 0.25) is 11.8 Å². The summed E-state index contributed by atoms with van der Waals surface area (Å²) >= 11 is 0. The molecule has 5 heteroatoms. The summed E-state index contributed by atoms with van der Waals surface area (Å²) in [5.41, 5.74) is 4.78. The summed E-state index contributed by atoms with van der Waals surface area (Å²) in [5.74, 6) is -0.362. The Hall–Kier alpha value is -1.36. The highest BCUT2D eigenvalue weighted by atomic mass is 16.2. The number of amides is 2. The van der Waals surface area contributed by atoms with Crippen LogP contribution in [0.5, 0.6) is 0 Å². The lowest BCUT2D eigenvalue weighted by atomic mass is 9.93. The number of rotatable bonds is 9. The van der Waals surface area contributed by atoms with Crippen molar-refractivity contribution >= 4 is 11.8 Å². The Balaban J connectivity index is 4.26. The maximum absolute atomic E-state index is 11.8. The highest BCUT2D eigenvalue weighted by Crippen LogP contribution is 2.11. The molecule has 1 atom stereocenters. The Morgan fingerprint density at radius 3 is 2.28 bits per heavy atom. The predicted molar refractivity (Wildman–Crippen MR) is 73.0 cm³/mol. The van der Waals surface area contributed by atoms with Gasteiger partial charge in [0.25, 0.3) is 0 Å². The van der Waals surface area contributed by atoms with Crippen LogP contribution in [-0.2, 0) is 9.59 Å². The lowest BCUT2D eigenvalue weighted by molar-refractivity contribution is -0.125. The molecule has 0 radical (unpaired) electrons. The third-order valence-corrected chi connectivity index (χ3v) is 2.66. The summed E-state index contributed by atoms with van der Waals surface area (Å²) < 4.78 is 0. The molecule has 0 rings (SSSR count). The van der Waals surface area contributed by atoms with Gasteiger partial charge < -0.3 is 16.4 Å². The quantitative estimate of drug-likeness (QED) is 0.530. The molecule has 0 spiro atoms. The van der Waals surface area contributed by atoms with Gasteiger partial charge in [0, 0.05) is 19.5 Å². The lowest BCUT2D eigenvalue weighted by Gasteiger charge is -2.24. The van der Waals surface area contributed by atoms with Crippen LogP contribution in [0.1, 0.15) is 39.5 Å². The molecule has 0 aliphatic rings. The average Bonchev–Trinajstić information content (AvgIpc) is 2.39. The molecule has 0 bridgehead atoms. The first-order chi connectivity index (χ1) is 8.50. The molecule has 0 aromatic carbocycles. The van der Waals surface area contributed by atoms with E-state index in [1.165, 1.54) is 6.08 Å². The van der Waals surface area contributed by atoms with Crippen molar-refractivity contribution < 1.29 is 9.59 Å². The van der Waals surface area contributed by atoms with Gasteiger partial charge in [0.15, 0.2) is 0 Å². The second-order valence-corrected chi connectivity index (χ2v) is 4.35. The molecule has 0 aromatic heterocycles. The molecule has 0 heterocycles. The number of hydrogen-bond donors (Lipinski definition) is 3. The summed E-state index contributed by atoms with van der Waals surface area (Å²) in [4.78, 5) is 23.3. The van der Waals surface area contributed by atoms with Crippen LogP contribution >= 0.6 is 0 Å². The number of hydrogen-bond acceptors (Lipinski definition) is 3. The van der Waals surface area contributed by atoms with E-state index >= 15 is 0 Å². The molecule has 4 N–H and O–H groups in total. The van der Waals surface area contributed by atoms with Crippen molar-refractivity contribution in [1.82, 2.24) is 10.6 Å². The molecule has 0 aliphatic carbocycles. The van der Waals surface area contributed by atoms with Gasteiger partial charge in [-0.1, -0.05) is 19.9 Å². The number of carbonyl (C=O) groups excluding carboxylic acids is 2. The van der Waals surface area contributed by atoms with Crippen LogP contribution < -0.4 is 16.4 Å². The Morgan fingerprint density at radius 2 is 1.78 bits per heavy atom. The summed E-state index contributed by atoms with van der Waals surface area (Å²) in [5, 5.41) is 5.47. The van der Waals surface area contributed by atoms with Crippen molar-refractivity contribution in [2.75, 3.05) is 13.1 Å². The van der Waals surface area contributed by atoms with E-state index in [0.717, 1.165) is 12.8 Å². The van der Waals surface area contributed by atoms with E-state index in [4.69, 9.17) is 5.73 Å². The van der Waals surface area contributed by atoms with Crippen molar-refractivity contribution in [3.05, 3.63) is 12.7 Å². The van der Waals surface area contributed by atoms with Gasteiger partial charge in [-0.15, -0.1) is 6.58 Å². The Labute approximate surface area is 109 Å². The van der Waals surface area contributed by atoms with E-state index in [0.29, 0.717) is 13.1 Å². The summed E-state index contributed by atoms with van der Waals surface area (Å²) in [6.07, 6.45) is 3.63. The number of nitrogens with one attached hydrogen (secondary N) is 2. The van der Waals surface area contributed by atoms with E-state index in [1.54, 1.807) is 0 Å². The second kappa shape index (κ2) is 8.69. The average molecular weight is 255 g/mol. The van der Waals surface area contributed by atoms with E-state index < -0.39 is 5.54 Å². The summed E-state index contributed by atoms with van der Waals surface area (Å²) in [6.45, 7) is 8.75. The first-order valence-electron chi connectivity index (χ1n) is 6.47. The van der Waals surface area contributed by atoms with Gasteiger partial charge in [-0.2, -0.15) is 0 Å². The molecular formula is C13H25N3O2.